The first-order valence-electron chi connectivity index (χ1n) is 11.8. The Balaban J connectivity index is 1.81. The Morgan fingerprint density at radius 2 is 1.73 bits per heavy atom. The summed E-state index contributed by atoms with van der Waals surface area (Å²) in [4.78, 5) is 13.2. The number of carboxylic acid groups (broad SMARTS) is 1. The third kappa shape index (κ3) is 6.84. The smallest absolute Gasteiger partial charge is 0.418 e. The number of halogens is 5. The maximum atomic E-state index is 14.1. The van der Waals surface area contributed by atoms with Gasteiger partial charge in [-0.15, -0.1) is 10.2 Å². The largest absolute Gasteiger partial charge is 0.480 e. The summed E-state index contributed by atoms with van der Waals surface area (Å²) in [5.74, 6) is -1.02. The van der Waals surface area contributed by atoms with Gasteiger partial charge in [0.15, 0.2) is 5.82 Å². The van der Waals surface area contributed by atoms with Crippen molar-refractivity contribution in [3.05, 3.63) is 70.3 Å². The number of hydrogen-bond donors (Lipinski definition) is 2. The minimum absolute atomic E-state index is 0.0294. The van der Waals surface area contributed by atoms with Crippen LogP contribution in [0.5, 0.6) is 0 Å². The number of sulfonamides is 1. The van der Waals surface area contributed by atoms with Crippen LogP contribution in [-0.4, -0.2) is 72.9 Å². The van der Waals surface area contributed by atoms with Crippen LogP contribution in [0.2, 0.25) is 10.0 Å². The average Bonchev–Trinajstić information content (AvgIpc) is 3.26. The van der Waals surface area contributed by atoms with Crippen molar-refractivity contribution in [2.75, 3.05) is 43.4 Å². The first-order valence-corrected chi connectivity index (χ1v) is 14.0. The second-order valence-electron chi connectivity index (χ2n) is 9.13. The van der Waals surface area contributed by atoms with Gasteiger partial charge < -0.3 is 15.3 Å². The van der Waals surface area contributed by atoms with Gasteiger partial charge in [0.25, 0.3) is 10.0 Å². The molecule has 218 valence electrons. The number of carboxylic acids is 1. The molecule has 0 saturated heterocycles. The van der Waals surface area contributed by atoms with Crippen LogP contribution in [-0.2, 0) is 21.0 Å². The molecule has 2 heterocycles. The first kappa shape index (κ1) is 30.4. The quantitative estimate of drug-likeness (QED) is 0.251. The number of anilines is 2. The van der Waals surface area contributed by atoms with Gasteiger partial charge in [-0.3, -0.25) is 13.7 Å². The van der Waals surface area contributed by atoms with Crippen LogP contribution < -0.4 is 9.62 Å². The second kappa shape index (κ2) is 11.7. The van der Waals surface area contributed by atoms with Crippen molar-refractivity contribution < 1.29 is 31.5 Å². The summed E-state index contributed by atoms with van der Waals surface area (Å²) < 4.78 is 70.9. The number of aromatic nitrogens is 3. The van der Waals surface area contributed by atoms with Gasteiger partial charge >= 0.3 is 12.1 Å². The minimum Gasteiger partial charge on any atom is -0.480 e. The summed E-state index contributed by atoms with van der Waals surface area (Å²) in [7, 11) is -0.805. The molecule has 0 amide bonds. The van der Waals surface area contributed by atoms with Crippen LogP contribution in [0.25, 0.3) is 16.7 Å². The van der Waals surface area contributed by atoms with Crippen LogP contribution in [0, 0.1) is 0 Å². The Labute approximate surface area is 242 Å². The Bertz CT molecular complexity index is 1680. The van der Waals surface area contributed by atoms with Gasteiger partial charge in [0.2, 0.25) is 0 Å². The van der Waals surface area contributed by atoms with E-state index in [4.69, 9.17) is 23.2 Å². The van der Waals surface area contributed by atoms with Crippen molar-refractivity contribution in [3.8, 4) is 5.82 Å². The van der Waals surface area contributed by atoms with Crippen molar-refractivity contribution in [2.45, 2.75) is 11.1 Å². The highest BCUT2D eigenvalue weighted by molar-refractivity contribution is 7.92. The SMILES string of the molecule is CN(C)CCNc1ccc(-n2cc(C(F)(F)F)c3cc(N(CC(=O)O)S(=O)(=O)c4cc(Cl)cc(Cl)c4)ccc32)nn1. The predicted molar refractivity (Wildman–Crippen MR) is 150 cm³/mol. The number of nitrogens with zero attached hydrogens (tertiary/aromatic N) is 5. The fourth-order valence-corrected chi connectivity index (χ4v) is 6.12. The van der Waals surface area contributed by atoms with Crippen molar-refractivity contribution in [2.24, 2.45) is 0 Å². The lowest BCUT2D eigenvalue weighted by Gasteiger charge is -2.23. The molecule has 4 rings (SSSR count). The third-order valence-corrected chi connectivity index (χ3v) is 8.03. The molecule has 0 fully saturated rings. The van der Waals surface area contributed by atoms with E-state index in [1.165, 1.54) is 28.8 Å². The number of carbonyl (C=O) groups is 1. The van der Waals surface area contributed by atoms with Crippen LogP contribution >= 0.6 is 23.2 Å². The number of benzene rings is 2. The zero-order valence-corrected chi connectivity index (χ0v) is 23.9. The number of alkyl halides is 3. The highest BCUT2D eigenvalue weighted by atomic mass is 35.5. The monoisotopic (exact) mass is 630 g/mol. The molecule has 0 spiro atoms. The van der Waals surface area contributed by atoms with Crippen LogP contribution in [0.1, 0.15) is 5.56 Å². The van der Waals surface area contributed by atoms with E-state index in [-0.39, 0.29) is 32.5 Å². The van der Waals surface area contributed by atoms with Gasteiger partial charge in [-0.2, -0.15) is 13.2 Å². The highest BCUT2D eigenvalue weighted by Gasteiger charge is 2.36. The number of likely N-dealkylation sites (N-methyl/N-ethyl adjacent to an activating group) is 1. The molecular weight excluding hydrogens is 608 g/mol. The molecule has 0 bridgehead atoms. The number of rotatable bonds is 10. The van der Waals surface area contributed by atoms with Gasteiger partial charge in [0.05, 0.1) is 21.7 Å². The number of nitrogens with one attached hydrogen (secondary N) is 1. The van der Waals surface area contributed by atoms with Crippen LogP contribution in [0.15, 0.2) is 59.6 Å². The molecule has 0 unspecified atom stereocenters. The zero-order chi connectivity index (χ0) is 30.1. The number of fused-ring (bicyclic) bond motifs is 1. The first-order chi connectivity index (χ1) is 19.2. The molecule has 16 heteroatoms. The number of hydrogen-bond acceptors (Lipinski definition) is 7. The average molecular weight is 631 g/mol. The van der Waals surface area contributed by atoms with Crippen molar-refractivity contribution in [1.82, 2.24) is 19.7 Å². The molecule has 0 aliphatic carbocycles. The Kier molecular flexibility index (Phi) is 8.68. The maximum absolute atomic E-state index is 14.1. The fourth-order valence-electron chi connectivity index (χ4n) is 3.99. The zero-order valence-electron chi connectivity index (χ0n) is 21.5. The summed E-state index contributed by atoms with van der Waals surface area (Å²) in [5.41, 5.74) is -1.35. The van der Waals surface area contributed by atoms with Gasteiger partial charge in [-0.25, -0.2) is 8.42 Å². The van der Waals surface area contributed by atoms with Gasteiger partial charge in [-0.05, 0) is 62.6 Å². The topological polar surface area (TPSA) is 121 Å². The van der Waals surface area contributed by atoms with Crippen LogP contribution in [0.3, 0.4) is 0 Å². The predicted octanol–water partition coefficient (Wildman–Crippen LogP) is 5.00. The summed E-state index contributed by atoms with van der Waals surface area (Å²) in [6, 6.07) is 9.88. The van der Waals surface area contributed by atoms with Crippen molar-refractivity contribution >= 4 is 61.6 Å². The summed E-state index contributed by atoms with van der Waals surface area (Å²) in [6.45, 7) is 0.224. The van der Waals surface area contributed by atoms with E-state index in [0.29, 0.717) is 16.7 Å². The molecule has 4 aromatic rings. The summed E-state index contributed by atoms with van der Waals surface area (Å²) >= 11 is 11.9. The summed E-state index contributed by atoms with van der Waals surface area (Å²) in [5, 5.41) is 20.2. The molecule has 2 aromatic heterocycles. The normalized spacial score (nSPS) is 12.2. The van der Waals surface area contributed by atoms with E-state index in [1.807, 2.05) is 19.0 Å². The van der Waals surface area contributed by atoms with Gasteiger partial charge in [-0.1, -0.05) is 23.2 Å². The number of aliphatic carboxylic acids is 1. The van der Waals surface area contributed by atoms with Crippen LogP contribution in [0.4, 0.5) is 24.7 Å². The van der Waals surface area contributed by atoms with Crippen molar-refractivity contribution in [1.29, 1.82) is 0 Å². The lowest BCUT2D eigenvalue weighted by atomic mass is 10.1. The van der Waals surface area contributed by atoms with E-state index in [0.717, 1.165) is 30.9 Å². The Hall–Kier alpha value is -3.59. The molecule has 10 nitrogen and oxygen atoms in total. The molecular formula is C25H23Cl2F3N6O4S. The molecule has 0 atom stereocenters. The Morgan fingerprint density at radius 3 is 2.29 bits per heavy atom. The standard InChI is InChI=1S/C25H23Cl2F3N6O4S/c1-34(2)8-7-31-22-5-6-23(33-32-22)35-13-20(25(28,29)30)19-12-17(3-4-21(19)35)36(14-24(37)38)41(39,40)18-10-15(26)9-16(27)11-18/h3-6,9-13H,7-8,14H2,1-2H3,(H,31,32)(H,37,38). The molecule has 0 aliphatic heterocycles. The Morgan fingerprint density at radius 1 is 1.05 bits per heavy atom. The van der Waals surface area contributed by atoms with Gasteiger partial charge in [0.1, 0.15) is 12.4 Å². The lowest BCUT2D eigenvalue weighted by molar-refractivity contribution is -0.136. The molecule has 0 saturated carbocycles. The van der Waals surface area contributed by atoms with E-state index in [1.54, 1.807) is 6.07 Å². The van der Waals surface area contributed by atoms with E-state index in [2.05, 4.69) is 15.5 Å². The van der Waals surface area contributed by atoms with E-state index in [9.17, 15) is 31.5 Å². The molecule has 0 aliphatic rings. The van der Waals surface area contributed by atoms with E-state index < -0.39 is 39.2 Å². The molecule has 41 heavy (non-hydrogen) atoms. The van der Waals surface area contributed by atoms with Crippen molar-refractivity contribution in [3.63, 3.8) is 0 Å². The second-order valence-corrected chi connectivity index (χ2v) is 11.9. The lowest BCUT2D eigenvalue weighted by Crippen LogP contribution is -2.35. The third-order valence-electron chi connectivity index (χ3n) is 5.85. The maximum Gasteiger partial charge on any atom is 0.418 e. The molecule has 0 radical (unpaired) electrons. The van der Waals surface area contributed by atoms with Gasteiger partial charge in [0, 0.05) is 34.7 Å². The van der Waals surface area contributed by atoms with E-state index >= 15 is 0 Å². The fraction of sp³-hybridized carbons (Fsp3) is 0.240. The summed E-state index contributed by atoms with van der Waals surface area (Å²) in [6.07, 6.45) is -4.01. The minimum atomic E-state index is -4.83. The molecule has 2 aromatic carbocycles. The molecule has 2 N–H and O–H groups in total. The highest BCUT2D eigenvalue weighted by Crippen LogP contribution is 2.39.